The Bertz CT molecular complexity index is 1280. The zero-order chi connectivity index (χ0) is 23.4. The molecule has 0 bridgehead atoms. The number of hydrogen-bond donors (Lipinski definition) is 1. The van der Waals surface area contributed by atoms with Crippen LogP contribution in [0.2, 0.25) is 10.0 Å². The second-order valence-corrected chi connectivity index (χ2v) is 9.71. The van der Waals surface area contributed by atoms with Gasteiger partial charge in [-0.05, 0) is 78.0 Å². The van der Waals surface area contributed by atoms with E-state index in [1.165, 1.54) is 0 Å². The Hall–Kier alpha value is -2.58. The van der Waals surface area contributed by atoms with Gasteiger partial charge in [-0.3, -0.25) is 9.59 Å². The number of carbonyl (C=O) groups is 2. The van der Waals surface area contributed by atoms with E-state index in [9.17, 15) is 9.59 Å². The molecular weight excluding hydrogens is 547 g/mol. The Labute approximate surface area is 213 Å². The number of halogens is 3. The highest BCUT2D eigenvalue weighted by molar-refractivity contribution is 9.10. The topological polar surface area (TPSA) is 67.8 Å². The number of hydrogen-bond acceptors (Lipinski definition) is 4. The lowest BCUT2D eigenvalue weighted by Crippen LogP contribution is -2.20. The number of benzene rings is 3. The minimum Gasteiger partial charge on any atom is -0.488 e. The third kappa shape index (κ3) is 6.26. The smallest absolute Gasteiger partial charge is 0.279 e. The highest BCUT2D eigenvalue weighted by Gasteiger charge is 2.25. The average Bonchev–Trinajstić information content (AvgIpc) is 3.13. The molecule has 0 aliphatic carbocycles. The van der Waals surface area contributed by atoms with Crippen molar-refractivity contribution in [3.63, 3.8) is 0 Å². The van der Waals surface area contributed by atoms with Crippen LogP contribution in [0, 0.1) is 0 Å². The lowest BCUT2D eigenvalue weighted by molar-refractivity contribution is -0.115. The second-order valence-electron chi connectivity index (χ2n) is 6.89. The Morgan fingerprint density at radius 2 is 1.70 bits per heavy atom. The number of amidine groups is 1. The van der Waals surface area contributed by atoms with E-state index in [1.807, 2.05) is 30.3 Å². The monoisotopic (exact) mass is 560 g/mol. The Balaban J connectivity index is 1.52. The van der Waals surface area contributed by atoms with Crippen LogP contribution in [0.1, 0.15) is 21.5 Å². The SMILES string of the molecule is O=C1NC(=NC(=O)c2ccc(Cl)cc2)S/C1=C\c1cc(Br)ccc1OCc1ccc(Cl)cc1. The second kappa shape index (κ2) is 10.6. The molecule has 1 heterocycles. The lowest BCUT2D eigenvalue weighted by atomic mass is 10.2. The largest absolute Gasteiger partial charge is 0.488 e. The van der Waals surface area contributed by atoms with E-state index >= 15 is 0 Å². The van der Waals surface area contributed by atoms with E-state index in [0.29, 0.717) is 38.4 Å². The van der Waals surface area contributed by atoms with Crippen LogP contribution >= 0.6 is 50.9 Å². The first-order valence-electron chi connectivity index (χ1n) is 9.64. The molecule has 2 amide bonds. The molecule has 1 N–H and O–H groups in total. The van der Waals surface area contributed by atoms with Gasteiger partial charge in [0, 0.05) is 25.6 Å². The van der Waals surface area contributed by atoms with E-state index in [4.69, 9.17) is 27.9 Å². The van der Waals surface area contributed by atoms with Crippen molar-refractivity contribution < 1.29 is 14.3 Å². The van der Waals surface area contributed by atoms with Crippen LogP contribution in [-0.2, 0) is 11.4 Å². The summed E-state index contributed by atoms with van der Waals surface area (Å²) in [6, 6.07) is 19.3. The summed E-state index contributed by atoms with van der Waals surface area (Å²) in [7, 11) is 0. The fourth-order valence-electron chi connectivity index (χ4n) is 2.88. The summed E-state index contributed by atoms with van der Waals surface area (Å²) < 4.78 is 6.81. The van der Waals surface area contributed by atoms with Gasteiger partial charge in [-0.1, -0.05) is 51.3 Å². The summed E-state index contributed by atoms with van der Waals surface area (Å²) in [5.74, 6) is -0.201. The quantitative estimate of drug-likeness (QED) is 0.350. The normalized spacial score (nSPS) is 15.7. The van der Waals surface area contributed by atoms with Gasteiger partial charge in [-0.25, -0.2) is 0 Å². The molecule has 0 atom stereocenters. The fraction of sp³-hybridized carbons (Fsp3) is 0.0417. The third-order valence-electron chi connectivity index (χ3n) is 4.51. The van der Waals surface area contributed by atoms with Crippen LogP contribution in [0.5, 0.6) is 5.75 Å². The molecule has 0 radical (unpaired) electrons. The van der Waals surface area contributed by atoms with E-state index in [0.717, 1.165) is 21.8 Å². The molecule has 1 aliphatic rings. The highest BCUT2D eigenvalue weighted by Crippen LogP contribution is 2.32. The molecule has 1 fully saturated rings. The molecule has 0 aromatic heterocycles. The van der Waals surface area contributed by atoms with Crippen LogP contribution in [0.25, 0.3) is 6.08 Å². The molecule has 5 nitrogen and oxygen atoms in total. The Morgan fingerprint density at radius 3 is 2.39 bits per heavy atom. The van der Waals surface area contributed by atoms with Gasteiger partial charge in [0.25, 0.3) is 11.8 Å². The van der Waals surface area contributed by atoms with Crippen molar-refractivity contribution in [2.75, 3.05) is 0 Å². The van der Waals surface area contributed by atoms with Gasteiger partial charge in [0.15, 0.2) is 5.17 Å². The molecule has 3 aromatic carbocycles. The first-order valence-corrected chi connectivity index (χ1v) is 12.0. The van der Waals surface area contributed by atoms with Crippen molar-refractivity contribution >= 4 is 74.0 Å². The fourth-order valence-corrected chi connectivity index (χ4v) is 4.32. The zero-order valence-electron chi connectivity index (χ0n) is 16.8. The van der Waals surface area contributed by atoms with Gasteiger partial charge >= 0.3 is 0 Å². The summed E-state index contributed by atoms with van der Waals surface area (Å²) in [5, 5.41) is 4.02. The number of aliphatic imine (C=N–C) groups is 1. The zero-order valence-corrected chi connectivity index (χ0v) is 20.8. The molecule has 1 aliphatic heterocycles. The van der Waals surface area contributed by atoms with Gasteiger partial charge in [0.05, 0.1) is 4.91 Å². The molecule has 0 spiro atoms. The maximum atomic E-state index is 12.5. The molecule has 0 saturated carbocycles. The molecular formula is C24H15BrCl2N2O3S. The van der Waals surface area contributed by atoms with Gasteiger partial charge in [0.1, 0.15) is 12.4 Å². The third-order valence-corrected chi connectivity index (χ3v) is 6.42. The number of rotatable bonds is 5. The first kappa shape index (κ1) is 23.6. The van der Waals surface area contributed by atoms with Crippen molar-refractivity contribution in [3.05, 3.63) is 103 Å². The maximum absolute atomic E-state index is 12.5. The van der Waals surface area contributed by atoms with Gasteiger partial charge in [-0.15, -0.1) is 0 Å². The first-order chi connectivity index (χ1) is 15.9. The van der Waals surface area contributed by atoms with Crippen LogP contribution in [-0.4, -0.2) is 17.0 Å². The van der Waals surface area contributed by atoms with E-state index in [1.54, 1.807) is 42.5 Å². The average molecular weight is 562 g/mol. The number of ether oxygens (including phenoxy) is 1. The Morgan fingerprint density at radius 1 is 1.03 bits per heavy atom. The predicted octanol–water partition coefficient (Wildman–Crippen LogP) is 6.74. The van der Waals surface area contributed by atoms with Crippen molar-refractivity contribution in [1.29, 1.82) is 0 Å². The molecule has 9 heteroatoms. The van der Waals surface area contributed by atoms with Gasteiger partial charge in [-0.2, -0.15) is 4.99 Å². The van der Waals surface area contributed by atoms with Gasteiger partial charge < -0.3 is 10.1 Å². The standard InChI is InChI=1S/C24H15BrCl2N2O3S/c25-17-5-10-20(32-13-14-1-6-18(26)7-2-14)16(11-17)12-21-23(31)29-24(33-21)28-22(30)15-3-8-19(27)9-4-15/h1-12H,13H2,(H,28,29,30,31)/b21-12-. The van der Waals surface area contributed by atoms with Crippen molar-refractivity contribution in [2.24, 2.45) is 4.99 Å². The summed E-state index contributed by atoms with van der Waals surface area (Å²) in [6.45, 7) is 0.344. The van der Waals surface area contributed by atoms with Crippen molar-refractivity contribution in [3.8, 4) is 5.75 Å². The Kier molecular flexibility index (Phi) is 7.55. The number of nitrogens with zero attached hydrogens (tertiary/aromatic N) is 1. The lowest BCUT2D eigenvalue weighted by Gasteiger charge is -2.10. The summed E-state index contributed by atoms with van der Waals surface area (Å²) >= 11 is 16.3. The molecule has 0 unspecified atom stereocenters. The van der Waals surface area contributed by atoms with Crippen LogP contribution in [0.15, 0.2) is 81.1 Å². The minimum atomic E-state index is -0.467. The highest BCUT2D eigenvalue weighted by atomic mass is 79.9. The number of nitrogens with one attached hydrogen (secondary N) is 1. The number of carbonyl (C=O) groups excluding carboxylic acids is 2. The molecule has 1 saturated heterocycles. The molecule has 33 heavy (non-hydrogen) atoms. The van der Waals surface area contributed by atoms with E-state index in [2.05, 4.69) is 26.2 Å². The predicted molar refractivity (Wildman–Crippen MR) is 137 cm³/mol. The molecule has 166 valence electrons. The summed E-state index contributed by atoms with van der Waals surface area (Å²) in [4.78, 5) is 29.3. The van der Waals surface area contributed by atoms with Crippen LogP contribution in [0.3, 0.4) is 0 Å². The van der Waals surface area contributed by atoms with Crippen molar-refractivity contribution in [1.82, 2.24) is 5.32 Å². The van der Waals surface area contributed by atoms with Crippen LogP contribution in [0.4, 0.5) is 0 Å². The maximum Gasteiger partial charge on any atom is 0.279 e. The molecule has 4 rings (SSSR count). The van der Waals surface area contributed by atoms with Gasteiger partial charge in [0.2, 0.25) is 0 Å². The summed E-state index contributed by atoms with van der Waals surface area (Å²) in [5.41, 5.74) is 2.05. The molecule has 3 aromatic rings. The minimum absolute atomic E-state index is 0.213. The number of amides is 2. The van der Waals surface area contributed by atoms with E-state index in [-0.39, 0.29) is 11.1 Å². The van der Waals surface area contributed by atoms with Crippen LogP contribution < -0.4 is 10.1 Å². The van der Waals surface area contributed by atoms with E-state index < -0.39 is 5.91 Å². The number of thioether (sulfide) groups is 1. The summed E-state index contributed by atoms with van der Waals surface area (Å²) in [6.07, 6.45) is 1.71. The van der Waals surface area contributed by atoms with Crippen molar-refractivity contribution in [2.45, 2.75) is 6.61 Å².